The first kappa shape index (κ1) is 19.0. The quantitative estimate of drug-likeness (QED) is 0.624. The molecule has 0 amide bonds. The highest BCUT2D eigenvalue weighted by atomic mass is 19.1. The van der Waals surface area contributed by atoms with E-state index in [0.29, 0.717) is 31.5 Å². The fourth-order valence-corrected chi connectivity index (χ4v) is 2.87. The lowest BCUT2D eigenvalue weighted by Gasteiger charge is -2.23. The zero-order chi connectivity index (χ0) is 19.2. The molecule has 0 radical (unpaired) electrons. The van der Waals surface area contributed by atoms with Crippen LogP contribution in [0.1, 0.15) is 18.0 Å². The number of aliphatic imine (C=N–C) groups is 1. The van der Waals surface area contributed by atoms with Gasteiger partial charge in [0.15, 0.2) is 17.5 Å². The summed E-state index contributed by atoms with van der Waals surface area (Å²) in [4.78, 5) is 6.47. The van der Waals surface area contributed by atoms with E-state index in [9.17, 15) is 4.39 Å². The van der Waals surface area contributed by atoms with Gasteiger partial charge in [-0.3, -0.25) is 4.99 Å². The van der Waals surface area contributed by atoms with Crippen LogP contribution in [0.25, 0.3) is 0 Å². The Labute approximate surface area is 158 Å². The minimum atomic E-state index is -0.254. The highest BCUT2D eigenvalue weighted by Gasteiger charge is 2.14. The molecule has 7 heteroatoms. The van der Waals surface area contributed by atoms with Gasteiger partial charge in [0.1, 0.15) is 5.82 Å². The predicted octanol–water partition coefficient (Wildman–Crippen LogP) is 3.02. The molecule has 3 rings (SSSR count). The number of nitrogens with one attached hydrogen (secondary N) is 1. The van der Waals surface area contributed by atoms with Gasteiger partial charge in [-0.2, -0.15) is 0 Å². The van der Waals surface area contributed by atoms with Crippen molar-refractivity contribution >= 4 is 11.6 Å². The SMILES string of the molecule is CN(C)C(CN=C(N)Nc1ccc2c(c1)OCCCO2)c1ccc(F)cc1. The van der Waals surface area contributed by atoms with Gasteiger partial charge < -0.3 is 25.4 Å². The van der Waals surface area contributed by atoms with Crippen LogP contribution >= 0.6 is 0 Å². The molecule has 0 aromatic heterocycles. The number of benzene rings is 2. The Morgan fingerprint density at radius 3 is 2.56 bits per heavy atom. The number of likely N-dealkylation sites (N-methyl/N-ethyl adjacent to an activating group) is 1. The monoisotopic (exact) mass is 372 g/mol. The number of halogens is 1. The number of guanidine groups is 1. The van der Waals surface area contributed by atoms with Gasteiger partial charge in [-0.25, -0.2) is 4.39 Å². The van der Waals surface area contributed by atoms with Gasteiger partial charge in [-0.15, -0.1) is 0 Å². The number of ether oxygens (including phenoxy) is 2. The second kappa shape index (κ2) is 8.73. The summed E-state index contributed by atoms with van der Waals surface area (Å²) >= 11 is 0. The van der Waals surface area contributed by atoms with Crippen molar-refractivity contribution in [2.24, 2.45) is 10.7 Å². The van der Waals surface area contributed by atoms with Crippen molar-refractivity contribution in [1.82, 2.24) is 4.90 Å². The van der Waals surface area contributed by atoms with E-state index in [1.807, 2.05) is 37.2 Å². The topological polar surface area (TPSA) is 72.1 Å². The summed E-state index contributed by atoms with van der Waals surface area (Å²) in [5, 5.41) is 3.08. The van der Waals surface area contributed by atoms with Crippen LogP contribution in [0, 0.1) is 5.82 Å². The van der Waals surface area contributed by atoms with Crippen LogP contribution in [0.5, 0.6) is 11.5 Å². The Bertz CT molecular complexity index is 793. The van der Waals surface area contributed by atoms with Gasteiger partial charge >= 0.3 is 0 Å². The molecule has 0 saturated heterocycles. The number of rotatable bonds is 5. The van der Waals surface area contributed by atoms with Gasteiger partial charge in [0.2, 0.25) is 0 Å². The van der Waals surface area contributed by atoms with E-state index >= 15 is 0 Å². The molecule has 6 nitrogen and oxygen atoms in total. The van der Waals surface area contributed by atoms with Gasteiger partial charge in [0.25, 0.3) is 0 Å². The van der Waals surface area contributed by atoms with E-state index in [1.165, 1.54) is 12.1 Å². The van der Waals surface area contributed by atoms with Gasteiger partial charge in [-0.1, -0.05) is 12.1 Å². The Balaban J connectivity index is 1.67. The third-order valence-electron chi connectivity index (χ3n) is 4.33. The first-order valence-corrected chi connectivity index (χ1v) is 8.91. The maximum absolute atomic E-state index is 13.2. The minimum absolute atomic E-state index is 0.00488. The number of nitrogens with zero attached hydrogens (tertiary/aromatic N) is 2. The van der Waals surface area contributed by atoms with Crippen molar-refractivity contribution in [2.75, 3.05) is 39.2 Å². The zero-order valence-electron chi connectivity index (χ0n) is 15.6. The molecule has 0 fully saturated rings. The summed E-state index contributed by atoms with van der Waals surface area (Å²) in [5.41, 5.74) is 7.81. The van der Waals surface area contributed by atoms with Crippen molar-refractivity contribution in [2.45, 2.75) is 12.5 Å². The Morgan fingerprint density at radius 2 is 1.85 bits per heavy atom. The summed E-state index contributed by atoms with van der Waals surface area (Å²) in [6, 6.07) is 12.0. The standard InChI is InChI=1S/C20H25FN4O2/c1-25(2)17(14-4-6-15(21)7-5-14)13-23-20(22)24-16-8-9-18-19(12-16)27-11-3-10-26-18/h4-9,12,17H,3,10-11,13H2,1-2H3,(H3,22,23,24). The molecule has 0 aliphatic carbocycles. The van der Waals surface area contributed by atoms with Crippen molar-refractivity contribution in [1.29, 1.82) is 0 Å². The average Bonchev–Trinajstić information content (AvgIpc) is 2.88. The first-order valence-electron chi connectivity index (χ1n) is 8.91. The normalized spacial score (nSPS) is 15.3. The summed E-state index contributed by atoms with van der Waals surface area (Å²) in [6.07, 6.45) is 0.857. The average molecular weight is 372 g/mol. The second-order valence-corrected chi connectivity index (χ2v) is 6.59. The summed E-state index contributed by atoms with van der Waals surface area (Å²) in [6.45, 7) is 1.73. The van der Waals surface area contributed by atoms with Crippen LogP contribution in [-0.2, 0) is 0 Å². The number of nitrogens with two attached hydrogens (primary N) is 1. The maximum Gasteiger partial charge on any atom is 0.193 e. The summed E-state index contributed by atoms with van der Waals surface area (Å²) < 4.78 is 24.5. The smallest absolute Gasteiger partial charge is 0.193 e. The molecule has 0 bridgehead atoms. The summed E-state index contributed by atoms with van der Waals surface area (Å²) in [5.74, 6) is 1.48. The fraction of sp³-hybridized carbons (Fsp3) is 0.350. The number of hydrogen-bond donors (Lipinski definition) is 2. The van der Waals surface area contributed by atoms with E-state index in [-0.39, 0.29) is 11.9 Å². The van der Waals surface area contributed by atoms with Crippen LogP contribution in [-0.4, -0.2) is 44.7 Å². The lowest BCUT2D eigenvalue weighted by molar-refractivity contribution is 0.297. The van der Waals surface area contributed by atoms with Crippen LogP contribution in [0.2, 0.25) is 0 Å². The molecule has 1 aliphatic rings. The second-order valence-electron chi connectivity index (χ2n) is 6.59. The van der Waals surface area contributed by atoms with E-state index < -0.39 is 0 Å². The zero-order valence-corrected chi connectivity index (χ0v) is 15.6. The molecular weight excluding hydrogens is 347 g/mol. The van der Waals surface area contributed by atoms with E-state index in [0.717, 1.165) is 23.4 Å². The molecule has 0 saturated carbocycles. The minimum Gasteiger partial charge on any atom is -0.490 e. The van der Waals surface area contributed by atoms with Crippen molar-refractivity contribution in [3.63, 3.8) is 0 Å². The van der Waals surface area contributed by atoms with E-state index in [2.05, 4.69) is 10.3 Å². The Hall–Kier alpha value is -2.80. The number of fused-ring (bicyclic) bond motifs is 1. The van der Waals surface area contributed by atoms with E-state index in [4.69, 9.17) is 15.2 Å². The van der Waals surface area contributed by atoms with Crippen LogP contribution in [0.4, 0.5) is 10.1 Å². The third kappa shape index (κ3) is 5.10. The largest absolute Gasteiger partial charge is 0.490 e. The molecule has 3 N–H and O–H groups in total. The number of anilines is 1. The predicted molar refractivity (Wildman–Crippen MR) is 105 cm³/mol. The molecule has 1 atom stereocenters. The lowest BCUT2D eigenvalue weighted by atomic mass is 10.1. The maximum atomic E-state index is 13.2. The Morgan fingerprint density at radius 1 is 1.15 bits per heavy atom. The van der Waals surface area contributed by atoms with Gasteiger partial charge in [-0.05, 0) is 43.9 Å². The van der Waals surface area contributed by atoms with Crippen molar-refractivity contribution in [3.05, 3.63) is 53.8 Å². The van der Waals surface area contributed by atoms with Gasteiger partial charge in [0, 0.05) is 18.2 Å². The molecule has 1 heterocycles. The first-order chi connectivity index (χ1) is 13.0. The summed E-state index contributed by atoms with van der Waals surface area (Å²) in [7, 11) is 3.91. The van der Waals surface area contributed by atoms with E-state index in [1.54, 1.807) is 12.1 Å². The lowest BCUT2D eigenvalue weighted by Crippen LogP contribution is -2.27. The van der Waals surface area contributed by atoms with Crippen molar-refractivity contribution < 1.29 is 13.9 Å². The fourth-order valence-electron chi connectivity index (χ4n) is 2.87. The number of hydrogen-bond acceptors (Lipinski definition) is 4. The molecule has 144 valence electrons. The molecule has 2 aromatic carbocycles. The Kier molecular flexibility index (Phi) is 6.13. The molecule has 0 spiro atoms. The highest BCUT2D eigenvalue weighted by Crippen LogP contribution is 2.32. The molecule has 27 heavy (non-hydrogen) atoms. The molecular formula is C20H25FN4O2. The van der Waals surface area contributed by atoms with Crippen LogP contribution in [0.3, 0.4) is 0 Å². The van der Waals surface area contributed by atoms with Crippen LogP contribution in [0.15, 0.2) is 47.5 Å². The van der Waals surface area contributed by atoms with Crippen LogP contribution < -0.4 is 20.5 Å². The molecule has 2 aromatic rings. The highest BCUT2D eigenvalue weighted by molar-refractivity contribution is 5.92. The molecule has 1 aliphatic heterocycles. The van der Waals surface area contributed by atoms with Crippen molar-refractivity contribution in [3.8, 4) is 11.5 Å². The van der Waals surface area contributed by atoms with Gasteiger partial charge in [0.05, 0.1) is 25.8 Å². The molecule has 1 unspecified atom stereocenters. The third-order valence-corrected chi connectivity index (χ3v) is 4.33.